The number of para-hydroxylation sites is 2. The van der Waals surface area contributed by atoms with E-state index in [2.05, 4.69) is 10.2 Å². The molecule has 0 aliphatic carbocycles. The van der Waals surface area contributed by atoms with E-state index in [1.807, 2.05) is 46.9 Å². The first-order valence-electron chi connectivity index (χ1n) is 9.23. The third kappa shape index (κ3) is 3.73. The maximum atomic E-state index is 13.3. The highest BCUT2D eigenvalue weighted by atomic mass is 32.2. The number of aliphatic hydroxyl groups is 1. The van der Waals surface area contributed by atoms with Crippen LogP contribution in [0.25, 0.3) is 16.7 Å². The summed E-state index contributed by atoms with van der Waals surface area (Å²) >= 11 is 1.41. The van der Waals surface area contributed by atoms with Gasteiger partial charge in [-0.1, -0.05) is 42.1 Å². The van der Waals surface area contributed by atoms with Crippen molar-refractivity contribution in [2.24, 2.45) is 0 Å². The standard InChI is InChI=1S/C21H22N4O3S/c1-21(2,27)13-29-20-23-22-19-24(12-14-8-4-7-11-17(14)28-3)18(26)15-9-5-6-10-16(15)25(19)20/h4-11,27H,12-13H2,1-3H3. The van der Waals surface area contributed by atoms with E-state index in [0.29, 0.717) is 34.4 Å². The number of ether oxygens (including phenoxy) is 1. The lowest BCUT2D eigenvalue weighted by Crippen LogP contribution is -2.24. The van der Waals surface area contributed by atoms with E-state index in [9.17, 15) is 9.90 Å². The molecular weight excluding hydrogens is 388 g/mol. The summed E-state index contributed by atoms with van der Waals surface area (Å²) in [4.78, 5) is 13.3. The fourth-order valence-electron chi connectivity index (χ4n) is 3.21. The Morgan fingerprint density at radius 2 is 1.83 bits per heavy atom. The molecule has 0 aliphatic rings. The molecule has 2 aromatic heterocycles. The van der Waals surface area contributed by atoms with Crippen molar-refractivity contribution in [3.63, 3.8) is 0 Å². The molecule has 4 aromatic rings. The third-order valence-corrected chi connectivity index (χ3v) is 5.93. The molecule has 0 unspecified atom stereocenters. The van der Waals surface area contributed by atoms with Crippen LogP contribution in [0, 0.1) is 0 Å². The van der Waals surface area contributed by atoms with E-state index in [1.165, 1.54) is 11.8 Å². The predicted molar refractivity (Wildman–Crippen MR) is 114 cm³/mol. The lowest BCUT2D eigenvalue weighted by molar-refractivity contribution is 0.107. The molecule has 4 rings (SSSR count). The van der Waals surface area contributed by atoms with Crippen LogP contribution in [0.1, 0.15) is 19.4 Å². The van der Waals surface area contributed by atoms with Crippen molar-refractivity contribution >= 4 is 28.4 Å². The first-order chi connectivity index (χ1) is 13.9. The summed E-state index contributed by atoms with van der Waals surface area (Å²) in [6, 6.07) is 15.0. The van der Waals surface area contributed by atoms with Crippen LogP contribution in [-0.2, 0) is 6.54 Å². The summed E-state index contributed by atoms with van der Waals surface area (Å²) in [5, 5.41) is 19.9. The van der Waals surface area contributed by atoms with Crippen molar-refractivity contribution in [1.29, 1.82) is 0 Å². The Hall–Kier alpha value is -2.84. The second kappa shape index (κ2) is 7.53. The number of aromatic nitrogens is 4. The molecule has 2 heterocycles. The number of hydrogen-bond donors (Lipinski definition) is 1. The molecule has 1 N–H and O–H groups in total. The molecule has 0 bridgehead atoms. The van der Waals surface area contributed by atoms with Gasteiger partial charge in [-0.15, -0.1) is 10.2 Å². The average molecular weight is 410 g/mol. The number of methoxy groups -OCH3 is 1. The molecule has 2 aromatic carbocycles. The van der Waals surface area contributed by atoms with Crippen LogP contribution >= 0.6 is 11.8 Å². The van der Waals surface area contributed by atoms with E-state index in [-0.39, 0.29) is 5.56 Å². The molecule has 150 valence electrons. The topological polar surface area (TPSA) is 81.7 Å². The minimum atomic E-state index is -0.849. The molecule has 0 aliphatic heterocycles. The second-order valence-corrected chi connectivity index (χ2v) is 8.38. The maximum Gasteiger partial charge on any atom is 0.263 e. The Morgan fingerprint density at radius 1 is 1.10 bits per heavy atom. The second-order valence-electron chi connectivity index (χ2n) is 7.44. The largest absolute Gasteiger partial charge is 0.496 e. The molecule has 0 fully saturated rings. The summed E-state index contributed by atoms with van der Waals surface area (Å²) in [5.74, 6) is 1.62. The van der Waals surface area contributed by atoms with Gasteiger partial charge < -0.3 is 9.84 Å². The van der Waals surface area contributed by atoms with Crippen LogP contribution in [-0.4, -0.2) is 42.7 Å². The Balaban J connectivity index is 1.93. The Labute approximate surface area is 172 Å². The SMILES string of the molecule is COc1ccccc1Cn1c(=O)c2ccccc2n2c(SCC(C)(C)O)nnc12. The van der Waals surface area contributed by atoms with Gasteiger partial charge in [0.1, 0.15) is 5.75 Å². The normalized spacial score (nSPS) is 12.0. The smallest absolute Gasteiger partial charge is 0.263 e. The van der Waals surface area contributed by atoms with Gasteiger partial charge in [0.15, 0.2) is 5.16 Å². The summed E-state index contributed by atoms with van der Waals surface area (Å²) in [6.45, 7) is 3.81. The molecule has 0 spiro atoms. The zero-order valence-electron chi connectivity index (χ0n) is 16.5. The Kier molecular flexibility index (Phi) is 5.06. The summed E-state index contributed by atoms with van der Waals surface area (Å²) < 4.78 is 8.94. The molecule has 8 heteroatoms. The first-order valence-corrected chi connectivity index (χ1v) is 10.2. The maximum absolute atomic E-state index is 13.3. The Morgan fingerprint density at radius 3 is 2.59 bits per heavy atom. The number of rotatable bonds is 6. The highest BCUT2D eigenvalue weighted by Gasteiger charge is 2.20. The lowest BCUT2D eigenvalue weighted by Gasteiger charge is -2.16. The van der Waals surface area contributed by atoms with Crippen molar-refractivity contribution in [3.05, 3.63) is 64.4 Å². The monoisotopic (exact) mass is 410 g/mol. The van der Waals surface area contributed by atoms with E-state index < -0.39 is 5.60 Å². The molecule has 0 atom stereocenters. The number of hydrogen-bond acceptors (Lipinski definition) is 6. The van der Waals surface area contributed by atoms with E-state index in [0.717, 1.165) is 11.1 Å². The highest BCUT2D eigenvalue weighted by Crippen LogP contribution is 2.25. The van der Waals surface area contributed by atoms with Gasteiger partial charge in [-0.3, -0.25) is 13.8 Å². The summed E-state index contributed by atoms with van der Waals surface area (Å²) in [6.07, 6.45) is 0. The van der Waals surface area contributed by atoms with Crippen molar-refractivity contribution in [2.75, 3.05) is 12.9 Å². The number of benzene rings is 2. The lowest BCUT2D eigenvalue weighted by atomic mass is 10.2. The predicted octanol–water partition coefficient (Wildman–Crippen LogP) is 2.96. The van der Waals surface area contributed by atoms with Crippen LogP contribution in [0.5, 0.6) is 5.75 Å². The van der Waals surface area contributed by atoms with Gasteiger partial charge in [0.2, 0.25) is 5.78 Å². The van der Waals surface area contributed by atoms with Gasteiger partial charge >= 0.3 is 0 Å². The van der Waals surface area contributed by atoms with Gasteiger partial charge in [-0.25, -0.2) is 0 Å². The van der Waals surface area contributed by atoms with Crippen LogP contribution < -0.4 is 10.3 Å². The fraction of sp³-hybridized carbons (Fsp3) is 0.286. The van der Waals surface area contributed by atoms with E-state index in [4.69, 9.17) is 4.74 Å². The molecule has 29 heavy (non-hydrogen) atoms. The summed E-state index contributed by atoms with van der Waals surface area (Å²) in [5.41, 5.74) is 0.637. The van der Waals surface area contributed by atoms with E-state index >= 15 is 0 Å². The van der Waals surface area contributed by atoms with Crippen LogP contribution in [0.4, 0.5) is 0 Å². The molecule has 0 saturated heterocycles. The molecule has 0 radical (unpaired) electrons. The fourth-order valence-corrected chi connectivity index (χ4v) is 4.10. The van der Waals surface area contributed by atoms with E-state index in [1.54, 1.807) is 31.6 Å². The zero-order chi connectivity index (χ0) is 20.6. The first kappa shape index (κ1) is 19.5. The quantitative estimate of drug-likeness (QED) is 0.492. The van der Waals surface area contributed by atoms with Crippen molar-refractivity contribution in [1.82, 2.24) is 19.2 Å². The third-order valence-electron chi connectivity index (χ3n) is 4.55. The van der Waals surface area contributed by atoms with Crippen molar-refractivity contribution in [3.8, 4) is 5.75 Å². The van der Waals surface area contributed by atoms with Crippen molar-refractivity contribution < 1.29 is 9.84 Å². The average Bonchev–Trinajstić information content (AvgIpc) is 3.13. The number of fused-ring (bicyclic) bond motifs is 3. The van der Waals surface area contributed by atoms with Gasteiger partial charge in [-0.2, -0.15) is 0 Å². The van der Waals surface area contributed by atoms with Crippen LogP contribution in [0.2, 0.25) is 0 Å². The molecule has 7 nitrogen and oxygen atoms in total. The van der Waals surface area contributed by atoms with Gasteiger partial charge in [0, 0.05) is 11.3 Å². The minimum Gasteiger partial charge on any atom is -0.496 e. The van der Waals surface area contributed by atoms with Crippen molar-refractivity contribution in [2.45, 2.75) is 31.1 Å². The minimum absolute atomic E-state index is 0.134. The Bertz CT molecular complexity index is 1240. The van der Waals surface area contributed by atoms with Gasteiger partial charge in [-0.05, 0) is 32.0 Å². The van der Waals surface area contributed by atoms with Crippen LogP contribution in [0.3, 0.4) is 0 Å². The molecule has 0 saturated carbocycles. The zero-order valence-corrected chi connectivity index (χ0v) is 17.3. The molecular formula is C21H22N4O3S. The summed E-state index contributed by atoms with van der Waals surface area (Å²) in [7, 11) is 1.61. The number of nitrogens with zero attached hydrogens (tertiary/aromatic N) is 4. The van der Waals surface area contributed by atoms with Crippen LogP contribution in [0.15, 0.2) is 58.5 Å². The molecule has 0 amide bonds. The van der Waals surface area contributed by atoms with Gasteiger partial charge in [0.05, 0.1) is 30.2 Å². The highest BCUT2D eigenvalue weighted by molar-refractivity contribution is 7.99. The van der Waals surface area contributed by atoms with Gasteiger partial charge in [0.25, 0.3) is 5.56 Å². The number of thioether (sulfide) groups is 1.